The van der Waals surface area contributed by atoms with Crippen LogP contribution in [0.25, 0.3) is 0 Å². The van der Waals surface area contributed by atoms with Crippen LogP contribution in [0.1, 0.15) is 20.3 Å². The van der Waals surface area contributed by atoms with E-state index in [9.17, 15) is 0 Å². The van der Waals surface area contributed by atoms with Crippen molar-refractivity contribution in [1.82, 2.24) is 0 Å². The van der Waals surface area contributed by atoms with Crippen LogP contribution in [-0.2, 0) is 0 Å². The van der Waals surface area contributed by atoms with Gasteiger partial charge in [-0.15, -0.1) is 0 Å². The van der Waals surface area contributed by atoms with E-state index in [1.54, 1.807) is 7.11 Å². The summed E-state index contributed by atoms with van der Waals surface area (Å²) in [4.78, 5) is 2.28. The molecule has 0 saturated carbocycles. The third kappa shape index (κ3) is 2.08. The Hall–Kier alpha value is -1.69. The molecule has 1 atom stereocenters. The summed E-state index contributed by atoms with van der Waals surface area (Å²) in [7, 11) is 1.68. The zero-order chi connectivity index (χ0) is 12.5. The Labute approximate surface area is 103 Å². The van der Waals surface area contributed by atoms with Gasteiger partial charge in [-0.1, -0.05) is 12.1 Å². The van der Waals surface area contributed by atoms with E-state index in [4.69, 9.17) is 10.00 Å². The molecule has 1 aromatic carbocycles. The van der Waals surface area contributed by atoms with E-state index in [0.717, 1.165) is 24.4 Å². The lowest BCUT2D eigenvalue weighted by atomic mass is 9.97. The normalized spacial score (nSPS) is 22.2. The summed E-state index contributed by atoms with van der Waals surface area (Å²) in [6, 6.07) is 10.4. The van der Waals surface area contributed by atoms with Crippen molar-refractivity contribution in [1.29, 1.82) is 5.26 Å². The zero-order valence-electron chi connectivity index (χ0n) is 10.6. The molecule has 90 valence electrons. The minimum absolute atomic E-state index is 0.00896. The third-order valence-electron chi connectivity index (χ3n) is 3.44. The summed E-state index contributed by atoms with van der Waals surface area (Å²) in [6.07, 6.45) is 0.904. The zero-order valence-corrected chi connectivity index (χ0v) is 10.6. The molecule has 0 N–H and O–H groups in total. The predicted octanol–water partition coefficient (Wildman–Crippen LogP) is 2.82. The summed E-state index contributed by atoms with van der Waals surface area (Å²) in [5, 5.41) is 9.08. The molecule has 0 radical (unpaired) electrons. The molecule has 1 aliphatic heterocycles. The fraction of sp³-hybridized carbons (Fsp3) is 0.500. The Balaban J connectivity index is 2.37. The lowest BCUT2D eigenvalue weighted by Gasteiger charge is -2.34. The standard InChI is InChI=1S/C14H18N2O/c1-14(2)8-11(9-15)10-16(14)12-6-4-5-7-13(12)17-3/h4-7,11H,8,10H2,1-3H3. The molecule has 1 saturated heterocycles. The van der Waals surface area contributed by atoms with Gasteiger partial charge in [0.15, 0.2) is 0 Å². The average Bonchev–Trinajstić information content (AvgIpc) is 2.64. The van der Waals surface area contributed by atoms with Gasteiger partial charge in [0, 0.05) is 12.1 Å². The lowest BCUT2D eigenvalue weighted by Crippen LogP contribution is -2.38. The Bertz CT molecular complexity index is 448. The van der Waals surface area contributed by atoms with Crippen LogP contribution >= 0.6 is 0 Å². The number of para-hydroxylation sites is 2. The quantitative estimate of drug-likeness (QED) is 0.783. The maximum Gasteiger partial charge on any atom is 0.142 e. The van der Waals surface area contributed by atoms with Gasteiger partial charge in [-0.05, 0) is 32.4 Å². The monoisotopic (exact) mass is 230 g/mol. The Morgan fingerprint density at radius 3 is 2.71 bits per heavy atom. The molecule has 17 heavy (non-hydrogen) atoms. The van der Waals surface area contributed by atoms with Crippen molar-refractivity contribution in [2.45, 2.75) is 25.8 Å². The molecule has 2 rings (SSSR count). The summed E-state index contributed by atoms with van der Waals surface area (Å²) in [5.41, 5.74) is 1.09. The highest BCUT2D eigenvalue weighted by molar-refractivity contribution is 5.61. The molecule has 0 aliphatic carbocycles. The number of benzene rings is 1. The van der Waals surface area contributed by atoms with Crippen LogP contribution in [0.3, 0.4) is 0 Å². The third-order valence-corrected chi connectivity index (χ3v) is 3.44. The van der Waals surface area contributed by atoms with Gasteiger partial charge in [0.05, 0.1) is 24.8 Å². The number of methoxy groups -OCH3 is 1. The predicted molar refractivity (Wildman–Crippen MR) is 68.1 cm³/mol. The van der Waals surface area contributed by atoms with E-state index in [1.807, 2.05) is 18.2 Å². The number of nitrogens with zero attached hydrogens (tertiary/aromatic N) is 2. The topological polar surface area (TPSA) is 36.3 Å². The minimum Gasteiger partial charge on any atom is -0.495 e. The van der Waals surface area contributed by atoms with Crippen LogP contribution in [0.15, 0.2) is 24.3 Å². The summed E-state index contributed by atoms with van der Waals surface area (Å²) < 4.78 is 5.40. The van der Waals surface area contributed by atoms with Gasteiger partial charge < -0.3 is 9.64 Å². The van der Waals surface area contributed by atoms with E-state index in [2.05, 4.69) is 30.9 Å². The number of nitriles is 1. The van der Waals surface area contributed by atoms with Crippen LogP contribution in [0.4, 0.5) is 5.69 Å². The Morgan fingerprint density at radius 1 is 1.41 bits per heavy atom. The molecule has 0 spiro atoms. The van der Waals surface area contributed by atoms with Gasteiger partial charge in [0.2, 0.25) is 0 Å². The molecule has 0 bridgehead atoms. The van der Waals surface area contributed by atoms with E-state index in [0.29, 0.717) is 0 Å². The smallest absolute Gasteiger partial charge is 0.142 e. The first-order valence-corrected chi connectivity index (χ1v) is 5.89. The summed E-state index contributed by atoms with van der Waals surface area (Å²) >= 11 is 0. The van der Waals surface area contributed by atoms with Crippen molar-refractivity contribution < 1.29 is 4.74 Å². The van der Waals surface area contributed by atoms with Crippen molar-refractivity contribution in [3.63, 3.8) is 0 Å². The summed E-state index contributed by atoms with van der Waals surface area (Å²) in [5.74, 6) is 0.981. The SMILES string of the molecule is COc1ccccc1N1CC(C#N)CC1(C)C. The number of hydrogen-bond donors (Lipinski definition) is 0. The molecule has 1 fully saturated rings. The van der Waals surface area contributed by atoms with E-state index < -0.39 is 0 Å². The highest BCUT2D eigenvalue weighted by atomic mass is 16.5. The molecule has 1 unspecified atom stereocenters. The maximum atomic E-state index is 9.08. The second-order valence-electron chi connectivity index (χ2n) is 5.13. The first-order chi connectivity index (χ1) is 8.08. The Kier molecular flexibility index (Phi) is 2.97. The molecule has 1 aromatic rings. The van der Waals surface area contributed by atoms with Crippen LogP contribution in [0, 0.1) is 17.2 Å². The first kappa shape index (κ1) is 11.8. The average molecular weight is 230 g/mol. The van der Waals surface area contributed by atoms with Gasteiger partial charge in [-0.25, -0.2) is 0 Å². The van der Waals surface area contributed by atoms with E-state index >= 15 is 0 Å². The molecule has 3 nitrogen and oxygen atoms in total. The van der Waals surface area contributed by atoms with Crippen LogP contribution in [0.5, 0.6) is 5.75 Å². The second kappa shape index (κ2) is 4.29. The largest absolute Gasteiger partial charge is 0.495 e. The minimum atomic E-state index is 0.00896. The molecule has 1 heterocycles. The van der Waals surface area contributed by atoms with Crippen molar-refractivity contribution in [3.05, 3.63) is 24.3 Å². The lowest BCUT2D eigenvalue weighted by molar-refractivity contribution is 0.410. The summed E-state index contributed by atoms with van der Waals surface area (Å²) in [6.45, 7) is 5.14. The Morgan fingerprint density at radius 2 is 2.12 bits per heavy atom. The fourth-order valence-electron chi connectivity index (χ4n) is 2.61. The molecule has 0 aromatic heterocycles. The van der Waals surface area contributed by atoms with Crippen molar-refractivity contribution in [3.8, 4) is 11.8 Å². The van der Waals surface area contributed by atoms with Gasteiger partial charge in [-0.3, -0.25) is 0 Å². The molecular formula is C14H18N2O. The van der Waals surface area contributed by atoms with Crippen molar-refractivity contribution in [2.75, 3.05) is 18.6 Å². The van der Waals surface area contributed by atoms with Crippen LogP contribution in [-0.4, -0.2) is 19.2 Å². The number of rotatable bonds is 2. The van der Waals surface area contributed by atoms with E-state index in [-0.39, 0.29) is 11.5 Å². The van der Waals surface area contributed by atoms with Gasteiger partial charge in [0.1, 0.15) is 5.75 Å². The fourth-order valence-corrected chi connectivity index (χ4v) is 2.61. The van der Waals surface area contributed by atoms with Gasteiger partial charge in [0.25, 0.3) is 0 Å². The van der Waals surface area contributed by atoms with Crippen LogP contribution < -0.4 is 9.64 Å². The highest BCUT2D eigenvalue weighted by Crippen LogP contribution is 2.40. The number of ether oxygens (including phenoxy) is 1. The second-order valence-corrected chi connectivity index (χ2v) is 5.13. The molecule has 1 aliphatic rings. The van der Waals surface area contributed by atoms with Gasteiger partial charge >= 0.3 is 0 Å². The van der Waals surface area contributed by atoms with Crippen LogP contribution in [0.2, 0.25) is 0 Å². The molecular weight excluding hydrogens is 212 g/mol. The van der Waals surface area contributed by atoms with Crippen molar-refractivity contribution >= 4 is 5.69 Å². The first-order valence-electron chi connectivity index (χ1n) is 5.89. The molecule has 3 heteroatoms. The number of hydrogen-bond acceptors (Lipinski definition) is 3. The van der Waals surface area contributed by atoms with Gasteiger partial charge in [-0.2, -0.15) is 5.26 Å². The van der Waals surface area contributed by atoms with Crippen molar-refractivity contribution in [2.24, 2.45) is 5.92 Å². The number of anilines is 1. The highest BCUT2D eigenvalue weighted by Gasteiger charge is 2.39. The molecule has 0 amide bonds. The van der Waals surface area contributed by atoms with E-state index in [1.165, 1.54) is 0 Å². The maximum absolute atomic E-state index is 9.08.